The molecular formula is C16H12Cl2O4. The maximum absolute atomic E-state index is 12.2. The van der Waals surface area contributed by atoms with Gasteiger partial charge in [-0.3, -0.25) is 0 Å². The fourth-order valence-electron chi connectivity index (χ4n) is 1.75. The molecule has 6 heteroatoms. The SMILES string of the molecule is CCOC(=O)c1ccccc1C(=O)Oc1ccc(Cl)c(Cl)c1. The zero-order valence-electron chi connectivity index (χ0n) is 11.6. The molecule has 0 saturated carbocycles. The number of esters is 2. The van der Waals surface area contributed by atoms with E-state index in [0.717, 1.165) is 0 Å². The Kier molecular flexibility index (Phi) is 5.41. The fraction of sp³-hybridized carbons (Fsp3) is 0.125. The second-order valence-corrected chi connectivity index (χ2v) is 5.05. The molecule has 0 atom stereocenters. The van der Waals surface area contributed by atoms with E-state index >= 15 is 0 Å². The maximum atomic E-state index is 12.2. The summed E-state index contributed by atoms with van der Waals surface area (Å²) in [4.78, 5) is 24.1. The van der Waals surface area contributed by atoms with Gasteiger partial charge in [0.25, 0.3) is 0 Å². The standard InChI is InChI=1S/C16H12Cl2O4/c1-2-21-15(19)11-5-3-4-6-12(11)16(20)22-10-7-8-13(17)14(18)9-10/h3-9H,2H2,1H3. The molecule has 0 aromatic heterocycles. The van der Waals surface area contributed by atoms with Gasteiger partial charge in [0.1, 0.15) is 5.75 Å². The first-order valence-electron chi connectivity index (χ1n) is 6.46. The van der Waals surface area contributed by atoms with Crippen molar-refractivity contribution >= 4 is 35.1 Å². The third kappa shape index (κ3) is 3.78. The lowest BCUT2D eigenvalue weighted by molar-refractivity contribution is 0.0517. The summed E-state index contributed by atoms with van der Waals surface area (Å²) in [6.45, 7) is 1.91. The van der Waals surface area contributed by atoms with E-state index in [1.165, 1.54) is 30.3 Å². The third-order valence-electron chi connectivity index (χ3n) is 2.74. The average molecular weight is 339 g/mol. The van der Waals surface area contributed by atoms with E-state index in [4.69, 9.17) is 32.7 Å². The Balaban J connectivity index is 2.26. The largest absolute Gasteiger partial charge is 0.462 e. The zero-order valence-corrected chi connectivity index (χ0v) is 13.1. The van der Waals surface area contributed by atoms with Gasteiger partial charge in [-0.25, -0.2) is 9.59 Å². The van der Waals surface area contributed by atoms with Gasteiger partial charge >= 0.3 is 11.9 Å². The maximum Gasteiger partial charge on any atom is 0.344 e. The van der Waals surface area contributed by atoms with Gasteiger partial charge in [-0.05, 0) is 31.2 Å². The monoisotopic (exact) mass is 338 g/mol. The van der Waals surface area contributed by atoms with Gasteiger partial charge in [0, 0.05) is 6.07 Å². The Bertz CT molecular complexity index is 713. The van der Waals surface area contributed by atoms with E-state index in [1.54, 1.807) is 19.1 Å². The summed E-state index contributed by atoms with van der Waals surface area (Å²) in [7, 11) is 0. The normalized spacial score (nSPS) is 10.1. The van der Waals surface area contributed by atoms with Crippen LogP contribution in [-0.4, -0.2) is 18.5 Å². The van der Waals surface area contributed by atoms with Crippen molar-refractivity contribution in [2.75, 3.05) is 6.61 Å². The van der Waals surface area contributed by atoms with Crippen LogP contribution in [0.25, 0.3) is 0 Å². The Labute approximate surface area is 137 Å². The van der Waals surface area contributed by atoms with Crippen LogP contribution in [0.2, 0.25) is 10.0 Å². The molecule has 0 heterocycles. The van der Waals surface area contributed by atoms with Gasteiger partial charge in [0.05, 0.1) is 27.8 Å². The molecule has 0 amide bonds. The molecule has 0 aliphatic carbocycles. The molecule has 4 nitrogen and oxygen atoms in total. The molecule has 2 rings (SSSR count). The van der Waals surface area contributed by atoms with Crippen LogP contribution in [0.3, 0.4) is 0 Å². The lowest BCUT2D eigenvalue weighted by Crippen LogP contribution is -2.15. The third-order valence-corrected chi connectivity index (χ3v) is 3.48. The molecule has 0 spiro atoms. The van der Waals surface area contributed by atoms with Crippen molar-refractivity contribution in [2.24, 2.45) is 0 Å². The molecular weight excluding hydrogens is 327 g/mol. The van der Waals surface area contributed by atoms with Crippen LogP contribution in [0, 0.1) is 0 Å². The second-order valence-electron chi connectivity index (χ2n) is 4.23. The molecule has 0 fully saturated rings. The fourth-order valence-corrected chi connectivity index (χ4v) is 2.04. The highest BCUT2D eigenvalue weighted by atomic mass is 35.5. The van der Waals surface area contributed by atoms with E-state index in [0.29, 0.717) is 5.02 Å². The molecule has 22 heavy (non-hydrogen) atoms. The number of carbonyl (C=O) groups excluding carboxylic acids is 2. The summed E-state index contributed by atoms with van der Waals surface area (Å²) in [6, 6.07) is 10.7. The van der Waals surface area contributed by atoms with Crippen molar-refractivity contribution in [1.82, 2.24) is 0 Å². The molecule has 0 aliphatic rings. The van der Waals surface area contributed by atoms with Crippen LogP contribution in [0.1, 0.15) is 27.6 Å². The predicted octanol–water partition coefficient (Wildman–Crippen LogP) is 4.39. The first-order chi connectivity index (χ1) is 10.5. The predicted molar refractivity (Wildman–Crippen MR) is 83.8 cm³/mol. The molecule has 2 aromatic rings. The molecule has 0 N–H and O–H groups in total. The van der Waals surface area contributed by atoms with E-state index < -0.39 is 11.9 Å². The topological polar surface area (TPSA) is 52.6 Å². The Morgan fingerprint density at radius 3 is 2.18 bits per heavy atom. The van der Waals surface area contributed by atoms with E-state index in [9.17, 15) is 9.59 Å². The number of benzene rings is 2. The lowest BCUT2D eigenvalue weighted by Gasteiger charge is -2.09. The highest BCUT2D eigenvalue weighted by Crippen LogP contribution is 2.27. The van der Waals surface area contributed by atoms with Crippen molar-refractivity contribution in [3.8, 4) is 5.75 Å². The minimum Gasteiger partial charge on any atom is -0.462 e. The minimum absolute atomic E-state index is 0.118. The molecule has 0 bridgehead atoms. The molecule has 0 aliphatic heterocycles. The van der Waals surface area contributed by atoms with Crippen molar-refractivity contribution in [3.05, 3.63) is 63.6 Å². The summed E-state index contributed by atoms with van der Waals surface area (Å²) in [5.41, 5.74) is 0.265. The highest BCUT2D eigenvalue weighted by molar-refractivity contribution is 6.42. The van der Waals surface area contributed by atoms with E-state index in [2.05, 4.69) is 0 Å². The Morgan fingerprint density at radius 2 is 1.59 bits per heavy atom. The number of hydrogen-bond acceptors (Lipinski definition) is 4. The molecule has 2 aromatic carbocycles. The van der Waals surface area contributed by atoms with Gasteiger partial charge in [0.15, 0.2) is 0 Å². The van der Waals surface area contributed by atoms with Gasteiger partial charge in [-0.15, -0.1) is 0 Å². The number of rotatable bonds is 4. The van der Waals surface area contributed by atoms with Crippen LogP contribution in [0.15, 0.2) is 42.5 Å². The van der Waals surface area contributed by atoms with Crippen LogP contribution < -0.4 is 4.74 Å². The van der Waals surface area contributed by atoms with Crippen LogP contribution >= 0.6 is 23.2 Å². The summed E-state index contributed by atoms with van der Waals surface area (Å²) >= 11 is 11.7. The number of halogens is 2. The van der Waals surface area contributed by atoms with Gasteiger partial charge in [-0.1, -0.05) is 35.3 Å². The summed E-state index contributed by atoms with van der Waals surface area (Å²) < 4.78 is 10.1. The van der Waals surface area contributed by atoms with E-state index in [1.807, 2.05) is 0 Å². The van der Waals surface area contributed by atoms with Gasteiger partial charge < -0.3 is 9.47 Å². The first-order valence-corrected chi connectivity index (χ1v) is 7.22. The Hall–Kier alpha value is -2.04. The number of ether oxygens (including phenoxy) is 2. The quantitative estimate of drug-likeness (QED) is 0.612. The van der Waals surface area contributed by atoms with Crippen LogP contribution in [-0.2, 0) is 4.74 Å². The van der Waals surface area contributed by atoms with Crippen molar-refractivity contribution < 1.29 is 19.1 Å². The Morgan fingerprint density at radius 1 is 0.955 bits per heavy atom. The highest BCUT2D eigenvalue weighted by Gasteiger charge is 2.19. The number of hydrogen-bond donors (Lipinski definition) is 0. The van der Waals surface area contributed by atoms with Gasteiger partial charge in [-0.2, -0.15) is 0 Å². The van der Waals surface area contributed by atoms with Crippen molar-refractivity contribution in [2.45, 2.75) is 6.92 Å². The summed E-state index contributed by atoms with van der Waals surface area (Å²) in [6.07, 6.45) is 0. The van der Waals surface area contributed by atoms with Crippen molar-refractivity contribution in [1.29, 1.82) is 0 Å². The van der Waals surface area contributed by atoms with Gasteiger partial charge in [0.2, 0.25) is 0 Å². The zero-order chi connectivity index (χ0) is 16.1. The van der Waals surface area contributed by atoms with E-state index in [-0.39, 0.29) is 28.5 Å². The first kappa shape index (κ1) is 16.3. The average Bonchev–Trinajstić information content (AvgIpc) is 2.51. The smallest absolute Gasteiger partial charge is 0.344 e. The molecule has 114 valence electrons. The molecule has 0 radical (unpaired) electrons. The van der Waals surface area contributed by atoms with Crippen molar-refractivity contribution in [3.63, 3.8) is 0 Å². The summed E-state index contributed by atoms with van der Waals surface area (Å²) in [5, 5.41) is 0.624. The lowest BCUT2D eigenvalue weighted by atomic mass is 10.1. The second kappa shape index (κ2) is 7.29. The molecule has 0 unspecified atom stereocenters. The summed E-state index contributed by atoms with van der Waals surface area (Å²) in [5.74, 6) is -1.02. The van der Waals surface area contributed by atoms with Crippen LogP contribution in [0.5, 0.6) is 5.75 Å². The van der Waals surface area contributed by atoms with Crippen LogP contribution in [0.4, 0.5) is 0 Å². The molecule has 0 saturated heterocycles. The number of carbonyl (C=O) groups is 2. The minimum atomic E-state index is -0.679.